The highest BCUT2D eigenvalue weighted by atomic mass is 16.2. The van der Waals surface area contributed by atoms with Crippen LogP contribution in [0.25, 0.3) is 0 Å². The second-order valence-corrected chi connectivity index (χ2v) is 8.41. The average Bonchev–Trinajstić information content (AvgIpc) is 2.57. The molecule has 25 heavy (non-hydrogen) atoms. The van der Waals surface area contributed by atoms with Gasteiger partial charge in [-0.3, -0.25) is 14.5 Å². The fraction of sp³-hybridized carbons (Fsp3) is 0.895. The molecule has 142 valence electrons. The fourth-order valence-corrected chi connectivity index (χ4v) is 4.56. The molecule has 3 aliphatic rings. The number of nitrogens with zero attached hydrogens (tertiary/aromatic N) is 2. The number of amides is 2. The molecule has 3 fully saturated rings. The van der Waals surface area contributed by atoms with Crippen LogP contribution in [0.4, 0.5) is 0 Å². The highest BCUT2D eigenvalue weighted by Crippen LogP contribution is 2.30. The number of carbonyl (C=O) groups excluding carboxylic acids is 2. The monoisotopic (exact) mass is 350 g/mol. The summed E-state index contributed by atoms with van der Waals surface area (Å²) < 4.78 is 0. The lowest BCUT2D eigenvalue weighted by Crippen LogP contribution is -2.59. The van der Waals surface area contributed by atoms with Gasteiger partial charge in [0.05, 0.1) is 18.6 Å². The van der Waals surface area contributed by atoms with Crippen molar-refractivity contribution in [1.29, 1.82) is 0 Å². The third kappa shape index (κ3) is 5.42. The van der Waals surface area contributed by atoms with Crippen LogP contribution in [0.2, 0.25) is 0 Å². The van der Waals surface area contributed by atoms with Gasteiger partial charge in [0.15, 0.2) is 0 Å². The Morgan fingerprint density at radius 2 is 1.88 bits per heavy atom. The number of piperazine rings is 1. The first kappa shape index (κ1) is 18.6. The largest absolute Gasteiger partial charge is 0.354 e. The molecule has 0 bridgehead atoms. The summed E-state index contributed by atoms with van der Waals surface area (Å²) in [4.78, 5) is 28.7. The van der Waals surface area contributed by atoms with Crippen LogP contribution in [-0.4, -0.2) is 73.0 Å². The third-order valence-electron chi connectivity index (χ3n) is 6.10. The number of hydrogen-bond donors (Lipinski definition) is 2. The van der Waals surface area contributed by atoms with E-state index in [9.17, 15) is 9.59 Å². The molecular formula is C19H34N4O2. The molecule has 6 nitrogen and oxygen atoms in total. The van der Waals surface area contributed by atoms with Gasteiger partial charge in [0.2, 0.25) is 11.8 Å². The summed E-state index contributed by atoms with van der Waals surface area (Å²) in [7, 11) is 0. The maximum Gasteiger partial charge on any atom is 0.234 e. The molecule has 0 aromatic rings. The summed E-state index contributed by atoms with van der Waals surface area (Å²) in [6, 6.07) is 0. The predicted octanol–water partition coefficient (Wildman–Crippen LogP) is 0.969. The van der Waals surface area contributed by atoms with E-state index in [1.165, 1.54) is 32.1 Å². The lowest BCUT2D eigenvalue weighted by molar-refractivity contribution is -0.128. The number of carbonyl (C=O) groups is 2. The van der Waals surface area contributed by atoms with Gasteiger partial charge in [-0.1, -0.05) is 26.2 Å². The zero-order valence-corrected chi connectivity index (χ0v) is 15.7. The highest BCUT2D eigenvalue weighted by Gasteiger charge is 2.36. The summed E-state index contributed by atoms with van der Waals surface area (Å²) in [6.45, 7) is 7.72. The number of rotatable bonds is 5. The van der Waals surface area contributed by atoms with Gasteiger partial charge in [0, 0.05) is 19.6 Å². The van der Waals surface area contributed by atoms with Crippen LogP contribution in [0.15, 0.2) is 0 Å². The summed E-state index contributed by atoms with van der Waals surface area (Å²) in [5.41, 5.74) is -0.0616. The van der Waals surface area contributed by atoms with E-state index in [0.29, 0.717) is 19.6 Å². The van der Waals surface area contributed by atoms with E-state index in [0.717, 1.165) is 44.9 Å². The Morgan fingerprint density at radius 3 is 2.56 bits per heavy atom. The normalized spacial score (nSPS) is 26.2. The van der Waals surface area contributed by atoms with Gasteiger partial charge in [0.25, 0.3) is 0 Å². The maximum absolute atomic E-state index is 12.7. The summed E-state index contributed by atoms with van der Waals surface area (Å²) in [5.74, 6) is 0.939. The second kappa shape index (κ2) is 8.49. The van der Waals surface area contributed by atoms with Crippen molar-refractivity contribution in [3.63, 3.8) is 0 Å². The minimum absolute atomic E-state index is 0.0221. The van der Waals surface area contributed by atoms with Crippen molar-refractivity contribution < 1.29 is 9.59 Å². The molecular weight excluding hydrogens is 316 g/mol. The number of piperidine rings is 1. The number of hydrogen-bond acceptors (Lipinski definition) is 4. The Hall–Kier alpha value is -1.14. The first-order valence-electron chi connectivity index (χ1n) is 10.1. The molecule has 2 heterocycles. The zero-order chi connectivity index (χ0) is 17.7. The second-order valence-electron chi connectivity index (χ2n) is 8.41. The summed E-state index contributed by atoms with van der Waals surface area (Å²) >= 11 is 0. The lowest BCUT2D eigenvalue weighted by Gasteiger charge is -2.44. The Labute approximate surface area is 151 Å². The molecule has 1 aliphatic carbocycles. The van der Waals surface area contributed by atoms with Crippen LogP contribution in [0, 0.1) is 5.92 Å². The molecule has 3 rings (SSSR count). The van der Waals surface area contributed by atoms with Crippen LogP contribution in [-0.2, 0) is 9.59 Å². The van der Waals surface area contributed by atoms with Gasteiger partial charge in [-0.2, -0.15) is 0 Å². The Kier molecular flexibility index (Phi) is 6.34. The van der Waals surface area contributed by atoms with Crippen LogP contribution in [0.5, 0.6) is 0 Å². The average molecular weight is 351 g/mol. The van der Waals surface area contributed by atoms with Gasteiger partial charge in [-0.15, -0.1) is 0 Å². The summed E-state index contributed by atoms with van der Waals surface area (Å²) in [6.07, 6.45) is 8.41. The van der Waals surface area contributed by atoms with E-state index in [-0.39, 0.29) is 17.4 Å². The van der Waals surface area contributed by atoms with Crippen molar-refractivity contribution in [3.8, 4) is 0 Å². The van der Waals surface area contributed by atoms with Gasteiger partial charge < -0.3 is 15.5 Å². The van der Waals surface area contributed by atoms with Gasteiger partial charge >= 0.3 is 0 Å². The van der Waals surface area contributed by atoms with Crippen LogP contribution in [0.3, 0.4) is 0 Å². The van der Waals surface area contributed by atoms with Crippen molar-refractivity contribution in [2.45, 2.75) is 57.4 Å². The van der Waals surface area contributed by atoms with Crippen molar-refractivity contribution >= 4 is 11.8 Å². The molecule has 0 aromatic carbocycles. The molecule has 0 atom stereocenters. The highest BCUT2D eigenvalue weighted by molar-refractivity contribution is 5.82. The van der Waals surface area contributed by atoms with Crippen molar-refractivity contribution in [2.24, 2.45) is 5.92 Å². The van der Waals surface area contributed by atoms with E-state index >= 15 is 0 Å². The van der Waals surface area contributed by atoms with Crippen LogP contribution < -0.4 is 10.6 Å². The SMILES string of the molecule is CC1CCN(CC2(NC(=O)CN3CCNC(=O)C3)CCCCC2)CC1. The van der Waals surface area contributed by atoms with Crippen molar-refractivity contribution in [1.82, 2.24) is 20.4 Å². The Bertz CT molecular complexity index is 468. The first-order chi connectivity index (χ1) is 12.0. The maximum atomic E-state index is 12.7. The Balaban J connectivity index is 1.56. The van der Waals surface area contributed by atoms with Gasteiger partial charge in [-0.05, 0) is 44.7 Å². The standard InChI is InChI=1S/C19H34N4O2/c1-16-5-10-22(11-6-16)15-19(7-3-2-4-8-19)21-18(25)14-23-12-9-20-17(24)13-23/h16H,2-15H2,1H3,(H,20,24)(H,21,25). The fourth-order valence-electron chi connectivity index (χ4n) is 4.56. The molecule has 2 aliphatic heterocycles. The van der Waals surface area contributed by atoms with E-state index in [1.807, 2.05) is 4.90 Å². The quantitative estimate of drug-likeness (QED) is 0.775. The van der Waals surface area contributed by atoms with Crippen molar-refractivity contribution in [2.75, 3.05) is 45.8 Å². The van der Waals surface area contributed by atoms with E-state index < -0.39 is 0 Å². The minimum atomic E-state index is -0.0616. The molecule has 2 amide bonds. The zero-order valence-electron chi connectivity index (χ0n) is 15.7. The molecule has 0 spiro atoms. The van der Waals surface area contributed by atoms with Gasteiger partial charge in [-0.25, -0.2) is 0 Å². The molecule has 2 N–H and O–H groups in total. The number of likely N-dealkylation sites (tertiary alicyclic amines) is 1. The van der Waals surface area contributed by atoms with E-state index in [1.54, 1.807) is 0 Å². The van der Waals surface area contributed by atoms with Gasteiger partial charge in [0.1, 0.15) is 0 Å². The summed E-state index contributed by atoms with van der Waals surface area (Å²) in [5, 5.41) is 6.21. The molecule has 2 saturated heterocycles. The topological polar surface area (TPSA) is 64.7 Å². The van der Waals surface area contributed by atoms with Crippen LogP contribution >= 0.6 is 0 Å². The van der Waals surface area contributed by atoms with E-state index in [2.05, 4.69) is 22.5 Å². The predicted molar refractivity (Wildman–Crippen MR) is 98.2 cm³/mol. The first-order valence-corrected chi connectivity index (χ1v) is 10.1. The van der Waals surface area contributed by atoms with Crippen molar-refractivity contribution in [3.05, 3.63) is 0 Å². The molecule has 1 saturated carbocycles. The molecule has 0 radical (unpaired) electrons. The van der Waals surface area contributed by atoms with Crippen LogP contribution in [0.1, 0.15) is 51.9 Å². The lowest BCUT2D eigenvalue weighted by atomic mass is 9.80. The third-order valence-corrected chi connectivity index (χ3v) is 6.10. The minimum Gasteiger partial charge on any atom is -0.354 e. The van der Waals surface area contributed by atoms with E-state index in [4.69, 9.17) is 0 Å². The number of nitrogens with one attached hydrogen (secondary N) is 2. The molecule has 0 aromatic heterocycles. The molecule has 6 heteroatoms. The smallest absolute Gasteiger partial charge is 0.234 e. The molecule has 0 unspecified atom stereocenters. The Morgan fingerprint density at radius 1 is 1.16 bits per heavy atom.